The molecule has 0 heterocycles. The molecule has 24 heavy (non-hydrogen) atoms. The summed E-state index contributed by atoms with van der Waals surface area (Å²) in [5.74, 6) is 0. The molecule has 0 aromatic heterocycles. The number of unbranched alkanes of at least 4 members (excludes halogenated alkanes) is 9. The van der Waals surface area contributed by atoms with Crippen LogP contribution in [0.1, 0.15) is 71.1 Å². The Labute approximate surface area is 145 Å². The molecule has 6 heteroatoms. The van der Waals surface area contributed by atoms with E-state index >= 15 is 0 Å². The maximum Gasteiger partial charge on any atom is 0.114 e. The zero-order chi connectivity index (χ0) is 17.9. The normalized spacial score (nSPS) is 33.8. The van der Waals surface area contributed by atoms with Crippen LogP contribution in [0.3, 0.4) is 0 Å². The van der Waals surface area contributed by atoms with Gasteiger partial charge in [0.15, 0.2) is 0 Å². The third kappa shape index (κ3) is 6.94. The van der Waals surface area contributed by atoms with Gasteiger partial charge in [-0.05, 0) is 6.42 Å². The molecular weight excluding hydrogens is 312 g/mol. The van der Waals surface area contributed by atoms with E-state index in [1.165, 1.54) is 44.9 Å². The Morgan fingerprint density at radius 2 is 0.917 bits per heavy atom. The van der Waals surface area contributed by atoms with E-state index in [0.717, 1.165) is 19.3 Å². The average molecular weight is 348 g/mol. The molecule has 0 spiro atoms. The van der Waals surface area contributed by atoms with Crippen molar-refractivity contribution in [3.8, 4) is 0 Å². The first kappa shape index (κ1) is 21.8. The molecule has 0 amide bonds. The van der Waals surface area contributed by atoms with Gasteiger partial charge in [0.1, 0.15) is 36.6 Å². The lowest BCUT2D eigenvalue weighted by Gasteiger charge is -2.41. The minimum atomic E-state index is -1.56. The fourth-order valence-corrected chi connectivity index (χ4v) is 3.20. The fraction of sp³-hybridized carbons (Fsp3) is 1.00. The second kappa shape index (κ2) is 12.2. The molecule has 0 aromatic rings. The summed E-state index contributed by atoms with van der Waals surface area (Å²) in [7, 11) is 0. The molecule has 0 bridgehead atoms. The van der Waals surface area contributed by atoms with Crippen molar-refractivity contribution in [3.63, 3.8) is 0 Å². The van der Waals surface area contributed by atoms with Crippen LogP contribution in [0.25, 0.3) is 0 Å². The summed E-state index contributed by atoms with van der Waals surface area (Å²) in [4.78, 5) is 0. The number of ether oxygens (including phenoxy) is 1. The predicted octanol–water partition coefficient (Wildman–Crippen LogP) is 1.11. The molecule has 144 valence electrons. The monoisotopic (exact) mass is 348 g/mol. The van der Waals surface area contributed by atoms with Gasteiger partial charge < -0.3 is 30.3 Å². The van der Waals surface area contributed by atoms with Gasteiger partial charge in [-0.25, -0.2) is 0 Å². The van der Waals surface area contributed by atoms with Crippen molar-refractivity contribution >= 4 is 0 Å². The van der Waals surface area contributed by atoms with Crippen molar-refractivity contribution in [1.29, 1.82) is 0 Å². The fourth-order valence-electron chi connectivity index (χ4n) is 3.20. The van der Waals surface area contributed by atoms with Crippen LogP contribution in [0.15, 0.2) is 0 Å². The summed E-state index contributed by atoms with van der Waals surface area (Å²) in [6.07, 6.45) is 3.54. The van der Waals surface area contributed by atoms with Gasteiger partial charge in [0.2, 0.25) is 0 Å². The SMILES string of the molecule is CCCCCCCCCCCCOC1[C@@H](O)[C@H](O)C(O)[C@H](O)[C@@H]1O. The third-order valence-electron chi connectivity index (χ3n) is 4.88. The van der Waals surface area contributed by atoms with Crippen LogP contribution in [0, 0.1) is 0 Å². The molecule has 2 unspecified atom stereocenters. The van der Waals surface area contributed by atoms with Gasteiger partial charge >= 0.3 is 0 Å². The van der Waals surface area contributed by atoms with Crippen LogP contribution >= 0.6 is 0 Å². The number of hydrogen-bond acceptors (Lipinski definition) is 6. The first-order chi connectivity index (χ1) is 11.5. The Morgan fingerprint density at radius 1 is 0.542 bits per heavy atom. The Hall–Kier alpha value is -0.240. The van der Waals surface area contributed by atoms with Crippen molar-refractivity contribution in [3.05, 3.63) is 0 Å². The van der Waals surface area contributed by atoms with E-state index < -0.39 is 36.6 Å². The van der Waals surface area contributed by atoms with Gasteiger partial charge in [0.05, 0.1) is 0 Å². The highest BCUT2D eigenvalue weighted by molar-refractivity contribution is 4.99. The highest BCUT2D eigenvalue weighted by atomic mass is 16.5. The van der Waals surface area contributed by atoms with Crippen molar-refractivity contribution < 1.29 is 30.3 Å². The Kier molecular flexibility index (Phi) is 11.1. The minimum Gasteiger partial charge on any atom is -0.387 e. The Balaban J connectivity index is 2.06. The molecular formula is C18H36O6. The van der Waals surface area contributed by atoms with Crippen LogP contribution < -0.4 is 0 Å². The van der Waals surface area contributed by atoms with Gasteiger partial charge in [-0.1, -0.05) is 64.7 Å². The number of aliphatic hydroxyl groups is 5. The van der Waals surface area contributed by atoms with Gasteiger partial charge in [0, 0.05) is 6.61 Å². The largest absolute Gasteiger partial charge is 0.387 e. The van der Waals surface area contributed by atoms with Gasteiger partial charge in [0.25, 0.3) is 0 Å². The van der Waals surface area contributed by atoms with Crippen molar-refractivity contribution in [2.45, 2.75) is 108 Å². The van der Waals surface area contributed by atoms with E-state index in [9.17, 15) is 25.5 Å². The molecule has 0 aliphatic heterocycles. The van der Waals surface area contributed by atoms with Crippen molar-refractivity contribution in [2.24, 2.45) is 0 Å². The summed E-state index contributed by atoms with van der Waals surface area (Å²) < 4.78 is 5.44. The maximum absolute atomic E-state index is 9.85. The zero-order valence-electron chi connectivity index (χ0n) is 14.9. The lowest BCUT2D eigenvalue weighted by atomic mass is 9.85. The van der Waals surface area contributed by atoms with E-state index in [1.54, 1.807) is 0 Å². The van der Waals surface area contributed by atoms with Crippen LogP contribution in [0.4, 0.5) is 0 Å². The number of hydrogen-bond donors (Lipinski definition) is 5. The lowest BCUT2D eigenvalue weighted by molar-refractivity contribution is -0.235. The molecule has 0 aromatic carbocycles. The predicted molar refractivity (Wildman–Crippen MR) is 91.6 cm³/mol. The second-order valence-electron chi connectivity index (χ2n) is 6.97. The van der Waals surface area contributed by atoms with Crippen molar-refractivity contribution in [1.82, 2.24) is 0 Å². The average Bonchev–Trinajstić information content (AvgIpc) is 2.58. The maximum atomic E-state index is 9.85. The van der Waals surface area contributed by atoms with Crippen LogP contribution in [0.5, 0.6) is 0 Å². The molecule has 1 saturated carbocycles. The molecule has 5 N–H and O–H groups in total. The quantitative estimate of drug-likeness (QED) is 0.338. The summed E-state index contributed by atoms with van der Waals surface area (Å²) in [5, 5.41) is 48.5. The Morgan fingerprint density at radius 3 is 1.38 bits per heavy atom. The van der Waals surface area contributed by atoms with Crippen molar-refractivity contribution in [2.75, 3.05) is 6.61 Å². The van der Waals surface area contributed by atoms with Gasteiger partial charge in [-0.3, -0.25) is 0 Å². The Bertz CT molecular complexity index is 298. The molecule has 1 rings (SSSR count). The lowest BCUT2D eigenvalue weighted by Crippen LogP contribution is -2.64. The number of aliphatic hydroxyl groups excluding tert-OH is 5. The first-order valence-corrected chi connectivity index (χ1v) is 9.52. The number of rotatable bonds is 12. The zero-order valence-corrected chi connectivity index (χ0v) is 14.9. The van der Waals surface area contributed by atoms with Crippen LogP contribution in [-0.2, 0) is 4.74 Å². The van der Waals surface area contributed by atoms with E-state index in [-0.39, 0.29) is 0 Å². The molecule has 1 aliphatic carbocycles. The summed E-state index contributed by atoms with van der Waals surface area (Å²) in [6.45, 7) is 2.57. The van der Waals surface area contributed by atoms with E-state index in [4.69, 9.17) is 4.74 Å². The van der Waals surface area contributed by atoms with E-state index in [1.807, 2.05) is 0 Å². The molecule has 6 atom stereocenters. The summed E-state index contributed by atoms with van der Waals surface area (Å²) >= 11 is 0. The highest BCUT2D eigenvalue weighted by Crippen LogP contribution is 2.24. The van der Waals surface area contributed by atoms with Gasteiger partial charge in [-0.2, -0.15) is 0 Å². The second-order valence-corrected chi connectivity index (χ2v) is 6.97. The molecule has 6 nitrogen and oxygen atoms in total. The highest BCUT2D eigenvalue weighted by Gasteiger charge is 2.48. The van der Waals surface area contributed by atoms with Crippen LogP contribution in [-0.4, -0.2) is 68.8 Å². The van der Waals surface area contributed by atoms with E-state index in [2.05, 4.69) is 6.92 Å². The summed E-state index contributed by atoms with van der Waals surface area (Å²) in [5.41, 5.74) is 0. The molecule has 0 radical (unpaired) electrons. The molecule has 1 aliphatic rings. The standard InChI is InChI=1S/C18H36O6/c1-2-3-4-5-6-7-8-9-10-11-12-24-18-16(22)14(20)13(19)15(21)17(18)23/h13-23H,2-12H2,1H3/t13?,14-,15+,16-,17-,18?/m0/s1. The smallest absolute Gasteiger partial charge is 0.114 e. The topological polar surface area (TPSA) is 110 Å². The third-order valence-corrected chi connectivity index (χ3v) is 4.88. The molecule has 1 fully saturated rings. The van der Waals surface area contributed by atoms with E-state index in [0.29, 0.717) is 6.61 Å². The van der Waals surface area contributed by atoms with Gasteiger partial charge in [-0.15, -0.1) is 0 Å². The minimum absolute atomic E-state index is 0.352. The molecule has 0 saturated heterocycles. The first-order valence-electron chi connectivity index (χ1n) is 9.52. The van der Waals surface area contributed by atoms with Crippen LogP contribution in [0.2, 0.25) is 0 Å². The summed E-state index contributed by atoms with van der Waals surface area (Å²) in [6, 6.07) is 0.